The van der Waals surface area contributed by atoms with Crippen LogP contribution in [0.5, 0.6) is 5.75 Å². The number of carbonyl (C=O) groups is 2. The fraction of sp³-hybridized carbons (Fsp3) is 0.227. The zero-order chi connectivity index (χ0) is 20.8. The van der Waals surface area contributed by atoms with E-state index in [9.17, 15) is 9.59 Å². The number of thioether (sulfide) groups is 1. The molecule has 3 rings (SSSR count). The predicted octanol–water partition coefficient (Wildman–Crippen LogP) is 4.62. The SMILES string of the molecule is COc1cccc(/C=C2\SC(=S)N(CCCC(=O)Nc3cccc(C)c3)C2=O)c1. The number of aryl methyl sites for hydroxylation is 1. The standard InChI is InChI=1S/C22H22N2O3S2/c1-15-6-3-8-17(12-15)23-20(25)10-5-11-24-21(26)19(29-22(24)28)14-16-7-4-9-18(13-16)27-2/h3-4,6-9,12-14H,5,10-11H2,1-2H3,(H,23,25)/b19-14-. The maximum atomic E-state index is 12.7. The summed E-state index contributed by atoms with van der Waals surface area (Å²) < 4.78 is 5.73. The van der Waals surface area contributed by atoms with Gasteiger partial charge in [0.25, 0.3) is 5.91 Å². The average Bonchev–Trinajstić information content (AvgIpc) is 2.95. The quantitative estimate of drug-likeness (QED) is 0.517. The number of methoxy groups -OCH3 is 1. The summed E-state index contributed by atoms with van der Waals surface area (Å²) in [7, 11) is 1.60. The van der Waals surface area contributed by atoms with E-state index in [1.165, 1.54) is 11.8 Å². The third-order valence-corrected chi connectivity index (χ3v) is 5.73. The van der Waals surface area contributed by atoms with Crippen molar-refractivity contribution in [3.63, 3.8) is 0 Å². The molecule has 150 valence electrons. The van der Waals surface area contributed by atoms with Gasteiger partial charge < -0.3 is 10.1 Å². The minimum absolute atomic E-state index is 0.0760. The summed E-state index contributed by atoms with van der Waals surface area (Å²) in [6.07, 6.45) is 2.67. The van der Waals surface area contributed by atoms with E-state index in [1.54, 1.807) is 12.0 Å². The predicted molar refractivity (Wildman–Crippen MR) is 122 cm³/mol. The smallest absolute Gasteiger partial charge is 0.266 e. The van der Waals surface area contributed by atoms with Crippen molar-refractivity contribution in [2.45, 2.75) is 19.8 Å². The maximum Gasteiger partial charge on any atom is 0.266 e. The van der Waals surface area contributed by atoms with Gasteiger partial charge in [-0.3, -0.25) is 14.5 Å². The zero-order valence-corrected chi connectivity index (χ0v) is 17.9. The van der Waals surface area contributed by atoms with Gasteiger partial charge in [0.2, 0.25) is 5.91 Å². The molecule has 2 aromatic rings. The third-order valence-electron chi connectivity index (χ3n) is 4.35. The van der Waals surface area contributed by atoms with Crippen molar-refractivity contribution in [1.82, 2.24) is 4.90 Å². The molecule has 0 spiro atoms. The van der Waals surface area contributed by atoms with Gasteiger partial charge in [-0.05, 0) is 54.8 Å². The van der Waals surface area contributed by atoms with Crippen LogP contribution in [0.25, 0.3) is 6.08 Å². The second kappa shape index (κ2) is 9.71. The second-order valence-electron chi connectivity index (χ2n) is 6.63. The number of hydrogen-bond donors (Lipinski definition) is 1. The molecular weight excluding hydrogens is 404 g/mol. The van der Waals surface area contributed by atoms with E-state index in [0.29, 0.717) is 28.6 Å². The van der Waals surface area contributed by atoms with Gasteiger partial charge in [0.05, 0.1) is 12.0 Å². The lowest BCUT2D eigenvalue weighted by molar-refractivity contribution is -0.122. The summed E-state index contributed by atoms with van der Waals surface area (Å²) in [5.41, 5.74) is 2.74. The summed E-state index contributed by atoms with van der Waals surface area (Å²) in [4.78, 5) is 27.0. The highest BCUT2D eigenvalue weighted by molar-refractivity contribution is 8.26. The van der Waals surface area contributed by atoms with E-state index in [1.807, 2.05) is 61.5 Å². The van der Waals surface area contributed by atoms with E-state index in [4.69, 9.17) is 17.0 Å². The van der Waals surface area contributed by atoms with Crippen LogP contribution in [0, 0.1) is 6.92 Å². The highest BCUT2D eigenvalue weighted by Crippen LogP contribution is 2.33. The Morgan fingerprint density at radius 1 is 1.24 bits per heavy atom. The average molecular weight is 427 g/mol. The van der Waals surface area contributed by atoms with Gasteiger partial charge in [-0.1, -0.05) is 48.2 Å². The third kappa shape index (κ3) is 5.68. The molecule has 1 N–H and O–H groups in total. The van der Waals surface area contributed by atoms with Crippen molar-refractivity contribution in [2.75, 3.05) is 19.0 Å². The minimum atomic E-state index is -0.123. The highest BCUT2D eigenvalue weighted by Gasteiger charge is 2.31. The van der Waals surface area contributed by atoms with Gasteiger partial charge in [0.1, 0.15) is 10.1 Å². The number of carbonyl (C=O) groups excluding carboxylic acids is 2. The Hall–Kier alpha value is -2.64. The zero-order valence-electron chi connectivity index (χ0n) is 16.3. The normalized spacial score (nSPS) is 15.1. The van der Waals surface area contributed by atoms with Gasteiger partial charge in [0, 0.05) is 18.7 Å². The molecule has 0 aliphatic carbocycles. The number of amides is 2. The van der Waals surface area contributed by atoms with Crippen LogP contribution in [0.1, 0.15) is 24.0 Å². The molecule has 29 heavy (non-hydrogen) atoms. The molecule has 2 amide bonds. The number of hydrogen-bond acceptors (Lipinski definition) is 5. The summed E-state index contributed by atoms with van der Waals surface area (Å²) in [6.45, 7) is 2.39. The first-order valence-electron chi connectivity index (χ1n) is 9.22. The number of ether oxygens (including phenoxy) is 1. The first-order chi connectivity index (χ1) is 14.0. The Labute approximate surface area is 180 Å². The molecule has 5 nitrogen and oxygen atoms in total. The molecule has 1 heterocycles. The Morgan fingerprint density at radius 2 is 2.03 bits per heavy atom. The van der Waals surface area contributed by atoms with Crippen LogP contribution < -0.4 is 10.1 Å². The van der Waals surface area contributed by atoms with Crippen molar-refractivity contribution < 1.29 is 14.3 Å². The lowest BCUT2D eigenvalue weighted by Crippen LogP contribution is -2.29. The summed E-state index contributed by atoms with van der Waals surface area (Å²) in [5.74, 6) is 0.531. The molecule has 0 aromatic heterocycles. The van der Waals surface area contributed by atoms with Crippen LogP contribution in [0.15, 0.2) is 53.4 Å². The topological polar surface area (TPSA) is 58.6 Å². The van der Waals surface area contributed by atoms with Crippen molar-refractivity contribution in [3.05, 3.63) is 64.6 Å². The Kier molecular flexibility index (Phi) is 7.06. The molecule has 2 aromatic carbocycles. The van der Waals surface area contributed by atoms with Crippen molar-refractivity contribution in [2.24, 2.45) is 0 Å². The first-order valence-corrected chi connectivity index (χ1v) is 10.4. The van der Waals surface area contributed by atoms with Gasteiger partial charge in [-0.15, -0.1) is 0 Å². The summed E-state index contributed by atoms with van der Waals surface area (Å²) in [5, 5.41) is 2.88. The lowest BCUT2D eigenvalue weighted by atomic mass is 10.2. The van der Waals surface area contributed by atoms with Gasteiger partial charge in [-0.2, -0.15) is 0 Å². The van der Waals surface area contributed by atoms with Gasteiger partial charge in [0.15, 0.2) is 0 Å². The second-order valence-corrected chi connectivity index (χ2v) is 8.31. The molecule has 0 saturated carbocycles. The van der Waals surface area contributed by atoms with Crippen LogP contribution in [0.4, 0.5) is 5.69 Å². The molecule has 0 bridgehead atoms. The van der Waals surface area contributed by atoms with Gasteiger partial charge in [-0.25, -0.2) is 0 Å². The minimum Gasteiger partial charge on any atom is -0.497 e. The van der Waals surface area contributed by atoms with Crippen molar-refractivity contribution in [3.8, 4) is 5.75 Å². The Balaban J connectivity index is 1.54. The summed E-state index contributed by atoms with van der Waals surface area (Å²) >= 11 is 6.64. The molecule has 1 aliphatic heterocycles. The van der Waals surface area contributed by atoms with Crippen LogP contribution in [-0.4, -0.2) is 34.7 Å². The summed E-state index contributed by atoms with van der Waals surface area (Å²) in [6, 6.07) is 15.2. The molecule has 1 saturated heterocycles. The largest absolute Gasteiger partial charge is 0.497 e. The Bertz CT molecular complexity index is 972. The lowest BCUT2D eigenvalue weighted by Gasteiger charge is -2.14. The fourth-order valence-corrected chi connectivity index (χ4v) is 4.23. The van der Waals surface area contributed by atoms with Crippen molar-refractivity contribution >= 4 is 51.9 Å². The molecule has 0 atom stereocenters. The van der Waals surface area contributed by atoms with Gasteiger partial charge >= 0.3 is 0 Å². The van der Waals surface area contributed by atoms with E-state index in [2.05, 4.69) is 5.32 Å². The van der Waals surface area contributed by atoms with E-state index in [-0.39, 0.29) is 11.8 Å². The molecule has 7 heteroatoms. The molecule has 0 unspecified atom stereocenters. The molecular formula is C22H22N2O3S2. The number of anilines is 1. The fourth-order valence-electron chi connectivity index (χ4n) is 2.92. The molecule has 0 radical (unpaired) electrons. The molecule has 1 fully saturated rings. The van der Waals surface area contributed by atoms with Crippen LogP contribution >= 0.6 is 24.0 Å². The van der Waals surface area contributed by atoms with Crippen LogP contribution in [-0.2, 0) is 9.59 Å². The maximum absolute atomic E-state index is 12.7. The first kappa shape index (κ1) is 21.1. The van der Waals surface area contributed by atoms with E-state index in [0.717, 1.165) is 22.6 Å². The Morgan fingerprint density at radius 3 is 2.79 bits per heavy atom. The number of benzene rings is 2. The number of thiocarbonyl (C=S) groups is 1. The van der Waals surface area contributed by atoms with Crippen LogP contribution in [0.3, 0.4) is 0 Å². The van der Waals surface area contributed by atoms with Crippen LogP contribution in [0.2, 0.25) is 0 Å². The number of rotatable bonds is 7. The number of nitrogens with one attached hydrogen (secondary N) is 1. The van der Waals surface area contributed by atoms with Crippen molar-refractivity contribution in [1.29, 1.82) is 0 Å². The molecule has 1 aliphatic rings. The van der Waals surface area contributed by atoms with E-state index < -0.39 is 0 Å². The van der Waals surface area contributed by atoms with E-state index >= 15 is 0 Å². The highest BCUT2D eigenvalue weighted by atomic mass is 32.2. The monoisotopic (exact) mass is 426 g/mol. The number of nitrogens with zero attached hydrogens (tertiary/aromatic N) is 1.